The molecule has 0 spiro atoms. The summed E-state index contributed by atoms with van der Waals surface area (Å²) in [5.74, 6) is -0.657. The zero-order valence-electron chi connectivity index (χ0n) is 8.31. The molecule has 6 nitrogen and oxygen atoms in total. The van der Waals surface area contributed by atoms with Crippen molar-refractivity contribution in [3.63, 3.8) is 0 Å². The minimum Gasteiger partial charge on any atom is -0.482 e. The molecule has 1 amide bonds. The first-order valence-electron chi connectivity index (χ1n) is 4.14. The molecular weight excluding hydrogens is 291 g/mol. The van der Waals surface area contributed by atoms with Gasteiger partial charge in [-0.15, -0.1) is 0 Å². The first kappa shape index (κ1) is 14.0. The lowest BCUT2D eigenvalue weighted by molar-refractivity contribution is -0.119. The summed E-state index contributed by atoms with van der Waals surface area (Å²) in [6, 6.07) is 2.18. The van der Waals surface area contributed by atoms with Gasteiger partial charge in [0.25, 0.3) is 5.91 Å². The molecule has 0 unspecified atom stereocenters. The predicted octanol–water partition coefficient (Wildman–Crippen LogP) is 0.505. The second-order valence-corrected chi connectivity index (χ2v) is 5.36. The number of sulfonamides is 1. The van der Waals surface area contributed by atoms with Crippen molar-refractivity contribution < 1.29 is 17.9 Å². The molecule has 4 N–H and O–H groups in total. The summed E-state index contributed by atoms with van der Waals surface area (Å²) in [5.41, 5.74) is 4.87. The van der Waals surface area contributed by atoms with Crippen LogP contribution in [0.15, 0.2) is 17.0 Å². The zero-order valence-corrected chi connectivity index (χ0v) is 10.6. The van der Waals surface area contributed by atoms with Crippen LogP contribution in [0.3, 0.4) is 0 Å². The Balaban J connectivity index is 3.14. The number of hydrogen-bond acceptors (Lipinski definition) is 4. The average Bonchev–Trinajstić information content (AvgIpc) is 2.17. The summed E-state index contributed by atoms with van der Waals surface area (Å²) in [4.78, 5) is 10.2. The summed E-state index contributed by atoms with van der Waals surface area (Å²) in [7, 11) is -3.97. The number of primary sulfonamides is 1. The molecule has 0 atom stereocenters. The van der Waals surface area contributed by atoms with Gasteiger partial charge in [-0.3, -0.25) is 4.79 Å². The van der Waals surface area contributed by atoms with Gasteiger partial charge >= 0.3 is 0 Å². The molecule has 0 fully saturated rings. The normalized spacial score (nSPS) is 11.2. The number of benzene rings is 1. The maximum Gasteiger partial charge on any atom is 0.255 e. The van der Waals surface area contributed by atoms with Crippen molar-refractivity contribution in [1.29, 1.82) is 0 Å². The molecular formula is C8H8Cl2N2O4S. The van der Waals surface area contributed by atoms with Crippen LogP contribution in [-0.2, 0) is 14.8 Å². The minimum absolute atomic E-state index is 0.0420. The molecule has 9 heteroatoms. The highest BCUT2D eigenvalue weighted by Crippen LogP contribution is 2.32. The number of hydrogen-bond donors (Lipinski definition) is 2. The second-order valence-electron chi connectivity index (χ2n) is 3.01. The van der Waals surface area contributed by atoms with E-state index < -0.39 is 22.5 Å². The third-order valence-corrected chi connectivity index (χ3v) is 3.33. The van der Waals surface area contributed by atoms with Gasteiger partial charge in [-0.1, -0.05) is 23.2 Å². The quantitative estimate of drug-likeness (QED) is 0.843. The van der Waals surface area contributed by atoms with Gasteiger partial charge in [-0.2, -0.15) is 0 Å². The Labute approximate surface area is 107 Å². The molecule has 94 valence electrons. The van der Waals surface area contributed by atoms with Gasteiger partial charge in [0.15, 0.2) is 6.61 Å². The maximum absolute atomic E-state index is 11.1. The molecule has 0 aliphatic heterocycles. The smallest absolute Gasteiger partial charge is 0.255 e. The molecule has 1 aromatic carbocycles. The van der Waals surface area contributed by atoms with Crippen molar-refractivity contribution in [1.82, 2.24) is 0 Å². The van der Waals surface area contributed by atoms with E-state index in [4.69, 9.17) is 38.8 Å². The van der Waals surface area contributed by atoms with Crippen LogP contribution in [-0.4, -0.2) is 20.9 Å². The van der Waals surface area contributed by atoms with Gasteiger partial charge in [-0.05, 0) is 6.07 Å². The molecule has 0 heterocycles. The van der Waals surface area contributed by atoms with Gasteiger partial charge in [0, 0.05) is 6.07 Å². The number of halogens is 2. The standard InChI is InChI=1S/C8H8Cl2N2O4S/c9-4-2-7(17(12,14)15)5(10)1-6(4)16-3-8(11)13/h1-2H,3H2,(H2,11,13)(H2,12,14,15). The van der Waals surface area contributed by atoms with Crippen LogP contribution in [0.5, 0.6) is 5.75 Å². The third-order valence-electron chi connectivity index (χ3n) is 1.66. The fourth-order valence-corrected chi connectivity index (χ4v) is 2.36. The van der Waals surface area contributed by atoms with E-state index in [0.29, 0.717) is 0 Å². The number of rotatable bonds is 4. The number of primary amides is 1. The van der Waals surface area contributed by atoms with Gasteiger partial charge in [-0.25, -0.2) is 13.6 Å². The molecule has 0 aromatic heterocycles. The number of carbonyl (C=O) groups excluding carboxylic acids is 1. The Bertz CT molecular complexity index is 559. The average molecular weight is 299 g/mol. The third kappa shape index (κ3) is 3.74. The molecule has 0 saturated carbocycles. The van der Waals surface area contributed by atoms with Crippen molar-refractivity contribution in [2.75, 3.05) is 6.61 Å². The van der Waals surface area contributed by atoms with Crippen molar-refractivity contribution in [2.45, 2.75) is 4.90 Å². The Morgan fingerprint density at radius 3 is 2.35 bits per heavy atom. The van der Waals surface area contributed by atoms with Crippen LogP contribution in [0, 0.1) is 0 Å². The van der Waals surface area contributed by atoms with Crippen LogP contribution in [0.4, 0.5) is 0 Å². The van der Waals surface area contributed by atoms with E-state index in [2.05, 4.69) is 0 Å². The predicted molar refractivity (Wildman–Crippen MR) is 62.5 cm³/mol. The van der Waals surface area contributed by atoms with Crippen molar-refractivity contribution in [2.24, 2.45) is 10.9 Å². The zero-order chi connectivity index (χ0) is 13.2. The highest BCUT2D eigenvalue weighted by atomic mass is 35.5. The topological polar surface area (TPSA) is 112 Å². The Kier molecular flexibility index (Phi) is 4.21. The van der Waals surface area contributed by atoms with Gasteiger partial charge in [0.05, 0.1) is 10.0 Å². The summed E-state index contributed by atoms with van der Waals surface area (Å²) >= 11 is 11.4. The Hall–Kier alpha value is -1.02. The first-order chi connectivity index (χ1) is 7.71. The number of carbonyl (C=O) groups is 1. The molecule has 1 aromatic rings. The van der Waals surface area contributed by atoms with E-state index in [1.165, 1.54) is 0 Å². The van der Waals surface area contributed by atoms with E-state index >= 15 is 0 Å². The summed E-state index contributed by atoms with van der Waals surface area (Å²) in [6.07, 6.45) is 0. The highest BCUT2D eigenvalue weighted by Gasteiger charge is 2.17. The van der Waals surface area contributed by atoms with Crippen LogP contribution in [0.2, 0.25) is 10.0 Å². The molecule has 0 bridgehead atoms. The summed E-state index contributed by atoms with van der Waals surface area (Å²) in [6.45, 7) is -0.398. The van der Waals surface area contributed by atoms with E-state index in [1.807, 2.05) is 0 Å². The van der Waals surface area contributed by atoms with Gasteiger partial charge < -0.3 is 10.5 Å². The Morgan fingerprint density at radius 2 is 1.88 bits per heavy atom. The van der Waals surface area contributed by atoms with Crippen LogP contribution in [0.1, 0.15) is 0 Å². The highest BCUT2D eigenvalue weighted by molar-refractivity contribution is 7.89. The van der Waals surface area contributed by atoms with Gasteiger partial charge in [0.1, 0.15) is 10.6 Å². The van der Waals surface area contributed by atoms with Crippen LogP contribution < -0.4 is 15.6 Å². The maximum atomic E-state index is 11.1. The molecule has 0 aliphatic carbocycles. The van der Waals surface area contributed by atoms with E-state index in [-0.39, 0.29) is 20.7 Å². The molecule has 0 aliphatic rings. The summed E-state index contributed by atoms with van der Waals surface area (Å²) in [5, 5.41) is 4.71. The molecule has 17 heavy (non-hydrogen) atoms. The fourth-order valence-electron chi connectivity index (χ4n) is 0.988. The van der Waals surface area contributed by atoms with E-state index in [0.717, 1.165) is 12.1 Å². The molecule has 0 saturated heterocycles. The SMILES string of the molecule is NC(=O)COc1cc(Cl)c(S(N)(=O)=O)cc1Cl. The van der Waals surface area contributed by atoms with Crippen molar-refractivity contribution in [3.8, 4) is 5.75 Å². The van der Waals surface area contributed by atoms with Crippen molar-refractivity contribution in [3.05, 3.63) is 22.2 Å². The lowest BCUT2D eigenvalue weighted by Crippen LogP contribution is -2.20. The first-order valence-corrected chi connectivity index (χ1v) is 6.45. The van der Waals surface area contributed by atoms with Crippen LogP contribution in [0.25, 0.3) is 0 Å². The fraction of sp³-hybridized carbons (Fsp3) is 0.125. The monoisotopic (exact) mass is 298 g/mol. The molecule has 1 rings (SSSR count). The van der Waals surface area contributed by atoms with Crippen LogP contribution >= 0.6 is 23.2 Å². The second kappa shape index (κ2) is 5.09. The summed E-state index contributed by atoms with van der Waals surface area (Å²) < 4.78 is 27.1. The number of nitrogens with two attached hydrogens (primary N) is 2. The van der Waals surface area contributed by atoms with E-state index in [1.54, 1.807) is 0 Å². The lowest BCUT2D eigenvalue weighted by Gasteiger charge is -2.09. The minimum atomic E-state index is -3.97. The number of ether oxygens (including phenoxy) is 1. The van der Waals surface area contributed by atoms with E-state index in [9.17, 15) is 13.2 Å². The molecule has 0 radical (unpaired) electrons. The largest absolute Gasteiger partial charge is 0.482 e. The number of amides is 1. The van der Waals surface area contributed by atoms with Gasteiger partial charge in [0.2, 0.25) is 10.0 Å². The Morgan fingerprint density at radius 1 is 1.29 bits per heavy atom. The lowest BCUT2D eigenvalue weighted by atomic mass is 10.3. The van der Waals surface area contributed by atoms with Crippen molar-refractivity contribution >= 4 is 39.1 Å².